The van der Waals surface area contributed by atoms with Crippen molar-refractivity contribution >= 4 is 5.91 Å². The third kappa shape index (κ3) is 4.30. The highest BCUT2D eigenvalue weighted by molar-refractivity contribution is 5.97. The fourth-order valence-corrected chi connectivity index (χ4v) is 5.70. The first-order valence-electron chi connectivity index (χ1n) is 11.9. The first-order chi connectivity index (χ1) is 15.0. The summed E-state index contributed by atoms with van der Waals surface area (Å²) in [5.74, 6) is -0.106. The van der Waals surface area contributed by atoms with Gasteiger partial charge >= 0.3 is 0 Å². The summed E-state index contributed by atoms with van der Waals surface area (Å²) >= 11 is 0. The molecule has 0 aliphatic carbocycles. The van der Waals surface area contributed by atoms with Crippen LogP contribution >= 0.6 is 0 Å². The van der Waals surface area contributed by atoms with Gasteiger partial charge in [0.25, 0.3) is 5.91 Å². The van der Waals surface area contributed by atoms with Crippen molar-refractivity contribution in [1.29, 1.82) is 0 Å². The molecule has 1 aromatic rings. The van der Waals surface area contributed by atoms with Gasteiger partial charge in [-0.1, -0.05) is 42.0 Å². The third-order valence-corrected chi connectivity index (χ3v) is 7.72. The van der Waals surface area contributed by atoms with Crippen LogP contribution in [0.2, 0.25) is 0 Å². The highest BCUT2D eigenvalue weighted by atomic mass is 16.5. The average molecular weight is 440 g/mol. The Kier molecular flexibility index (Phi) is 6.12. The number of fused-ring (bicyclic) bond motifs is 3. The van der Waals surface area contributed by atoms with E-state index in [1.54, 1.807) is 4.90 Å². The Labute approximate surface area is 191 Å². The van der Waals surface area contributed by atoms with Gasteiger partial charge in [0.05, 0.1) is 17.3 Å². The van der Waals surface area contributed by atoms with Gasteiger partial charge in [-0.05, 0) is 77.4 Å². The van der Waals surface area contributed by atoms with Gasteiger partial charge in [-0.2, -0.15) is 0 Å². The fourth-order valence-electron chi connectivity index (χ4n) is 5.70. The normalized spacial score (nSPS) is 37.9. The third-order valence-electron chi connectivity index (χ3n) is 7.72. The molecular formula is C27H37NO4. The zero-order valence-corrected chi connectivity index (χ0v) is 19.9. The second-order valence-electron chi connectivity index (χ2n) is 10.5. The molecule has 1 unspecified atom stereocenters. The summed E-state index contributed by atoms with van der Waals surface area (Å²) in [7, 11) is 0. The molecule has 4 rings (SSSR count). The summed E-state index contributed by atoms with van der Waals surface area (Å²) in [6.07, 6.45) is 6.54. The predicted octanol–water partition coefficient (Wildman–Crippen LogP) is 4.63. The Morgan fingerprint density at radius 3 is 2.53 bits per heavy atom. The van der Waals surface area contributed by atoms with Crippen molar-refractivity contribution in [3.8, 4) is 0 Å². The Morgan fingerprint density at radius 2 is 1.81 bits per heavy atom. The molecule has 0 spiro atoms. The first kappa shape index (κ1) is 23.2. The lowest BCUT2D eigenvalue weighted by Crippen LogP contribution is -2.53. The first-order valence-corrected chi connectivity index (χ1v) is 11.9. The van der Waals surface area contributed by atoms with Crippen molar-refractivity contribution in [3.05, 3.63) is 58.7 Å². The lowest BCUT2D eigenvalue weighted by Gasteiger charge is -2.42. The molecule has 32 heavy (non-hydrogen) atoms. The topological polar surface area (TPSA) is 70.0 Å². The zero-order chi connectivity index (χ0) is 23.1. The summed E-state index contributed by atoms with van der Waals surface area (Å²) < 4.78 is 6.46. The monoisotopic (exact) mass is 439 g/mol. The van der Waals surface area contributed by atoms with Crippen molar-refractivity contribution < 1.29 is 19.7 Å². The van der Waals surface area contributed by atoms with Crippen molar-refractivity contribution in [2.45, 2.75) is 102 Å². The molecule has 5 nitrogen and oxygen atoms in total. The minimum Gasteiger partial charge on any atom is -0.387 e. The Hall–Kier alpha value is -1.95. The highest BCUT2D eigenvalue weighted by Gasteiger charge is 2.55. The number of benzene rings is 1. The summed E-state index contributed by atoms with van der Waals surface area (Å²) in [4.78, 5) is 15.0. The number of rotatable bonds is 2. The number of amides is 1. The van der Waals surface area contributed by atoms with Crippen LogP contribution in [0.3, 0.4) is 0 Å². The van der Waals surface area contributed by atoms with Crippen molar-refractivity contribution in [1.82, 2.24) is 4.90 Å². The average Bonchev–Trinajstić information content (AvgIpc) is 3.20. The molecule has 1 amide bonds. The van der Waals surface area contributed by atoms with E-state index >= 15 is 0 Å². The van der Waals surface area contributed by atoms with E-state index in [0.29, 0.717) is 31.4 Å². The van der Waals surface area contributed by atoms with Crippen LogP contribution in [0.25, 0.3) is 0 Å². The van der Waals surface area contributed by atoms with Crippen molar-refractivity contribution in [2.24, 2.45) is 0 Å². The Bertz CT molecular complexity index is 934. The molecule has 3 aliphatic rings. The Balaban J connectivity index is 1.73. The van der Waals surface area contributed by atoms with E-state index in [0.717, 1.165) is 36.8 Å². The molecule has 0 radical (unpaired) electrons. The number of allylic oxidation sites excluding steroid dienone is 2. The molecule has 3 aliphatic heterocycles. The maximum atomic E-state index is 13.4. The molecular weight excluding hydrogens is 402 g/mol. The maximum absolute atomic E-state index is 13.4. The standard InChI is InChI=1S/C27H37NO4/c1-19-9-8-15-26(4,30)23-14-16-25(3,32-23)18-27(31)22(13-12-19)20(2)24(29)28(27)17-21-10-6-5-7-11-21/h5-7,9-11,23,30-31H,8,12-18H2,1-4H3/b19-9+/t23-,25-,26+,27?/m1/s1. The highest BCUT2D eigenvalue weighted by Crippen LogP contribution is 2.48. The van der Waals surface area contributed by atoms with Crippen molar-refractivity contribution in [3.63, 3.8) is 0 Å². The van der Waals surface area contributed by atoms with Crippen LogP contribution in [0.4, 0.5) is 0 Å². The van der Waals surface area contributed by atoms with E-state index in [1.165, 1.54) is 5.57 Å². The lowest BCUT2D eigenvalue weighted by molar-refractivity contribution is -0.173. The van der Waals surface area contributed by atoms with Gasteiger partial charge < -0.3 is 19.8 Å². The quantitative estimate of drug-likeness (QED) is 0.659. The number of hydrogen-bond acceptors (Lipinski definition) is 4. The zero-order valence-electron chi connectivity index (χ0n) is 19.9. The van der Waals surface area contributed by atoms with Gasteiger partial charge in [0.1, 0.15) is 0 Å². The summed E-state index contributed by atoms with van der Waals surface area (Å²) in [5.41, 5.74) is 0.720. The molecule has 1 fully saturated rings. The van der Waals surface area contributed by atoms with E-state index in [2.05, 4.69) is 13.0 Å². The number of aliphatic hydroxyl groups is 2. The van der Waals surface area contributed by atoms with E-state index in [4.69, 9.17) is 4.74 Å². The van der Waals surface area contributed by atoms with Crippen LogP contribution in [0, 0.1) is 0 Å². The maximum Gasteiger partial charge on any atom is 0.252 e. The largest absolute Gasteiger partial charge is 0.387 e. The van der Waals surface area contributed by atoms with Gasteiger partial charge in [-0.3, -0.25) is 4.79 Å². The molecule has 2 N–H and O–H groups in total. The molecule has 0 saturated carbocycles. The molecule has 1 saturated heterocycles. The second kappa shape index (κ2) is 8.44. The minimum absolute atomic E-state index is 0.106. The molecule has 1 aromatic carbocycles. The van der Waals surface area contributed by atoms with Crippen LogP contribution in [-0.4, -0.2) is 44.1 Å². The lowest BCUT2D eigenvalue weighted by atomic mass is 9.83. The van der Waals surface area contributed by atoms with Gasteiger partial charge in [-0.15, -0.1) is 0 Å². The van der Waals surface area contributed by atoms with Crippen LogP contribution < -0.4 is 0 Å². The summed E-state index contributed by atoms with van der Waals surface area (Å²) in [6, 6.07) is 9.82. The van der Waals surface area contributed by atoms with Crippen molar-refractivity contribution in [2.75, 3.05) is 0 Å². The minimum atomic E-state index is -1.40. The predicted molar refractivity (Wildman–Crippen MR) is 125 cm³/mol. The molecule has 4 atom stereocenters. The van der Waals surface area contributed by atoms with E-state index in [1.807, 2.05) is 51.1 Å². The number of nitrogens with zero attached hydrogens (tertiary/aromatic N) is 1. The molecule has 0 aromatic heterocycles. The summed E-state index contributed by atoms with van der Waals surface area (Å²) in [5, 5.41) is 23.3. The van der Waals surface area contributed by atoms with Gasteiger partial charge in [0, 0.05) is 18.5 Å². The van der Waals surface area contributed by atoms with E-state index < -0.39 is 16.9 Å². The van der Waals surface area contributed by atoms with Gasteiger partial charge in [0.2, 0.25) is 0 Å². The van der Waals surface area contributed by atoms with Gasteiger partial charge in [0.15, 0.2) is 5.72 Å². The smallest absolute Gasteiger partial charge is 0.252 e. The van der Waals surface area contributed by atoms with Gasteiger partial charge in [-0.25, -0.2) is 0 Å². The van der Waals surface area contributed by atoms with Crippen LogP contribution in [0.5, 0.6) is 0 Å². The number of carbonyl (C=O) groups is 1. The Morgan fingerprint density at radius 1 is 1.09 bits per heavy atom. The molecule has 3 heterocycles. The number of carbonyl (C=O) groups excluding carboxylic acids is 1. The number of ether oxygens (including phenoxy) is 1. The SMILES string of the molecule is CC1=C2CC/C(C)=C/CC[C@](C)(O)[C@H]3CC[C@](C)(CC2(O)N(Cc2ccccc2)C1=O)O3. The van der Waals surface area contributed by atoms with E-state index in [-0.39, 0.29) is 12.0 Å². The molecule has 174 valence electrons. The molecule has 2 bridgehead atoms. The van der Waals surface area contributed by atoms with Crippen LogP contribution in [0.15, 0.2) is 53.1 Å². The van der Waals surface area contributed by atoms with Crippen LogP contribution in [-0.2, 0) is 16.1 Å². The number of hydrogen-bond donors (Lipinski definition) is 2. The fraction of sp³-hybridized carbons (Fsp3) is 0.593. The summed E-state index contributed by atoms with van der Waals surface area (Å²) in [6.45, 7) is 8.16. The van der Waals surface area contributed by atoms with E-state index in [9.17, 15) is 15.0 Å². The second-order valence-corrected chi connectivity index (χ2v) is 10.5. The van der Waals surface area contributed by atoms with Crippen LogP contribution in [0.1, 0.15) is 78.2 Å². The molecule has 5 heteroatoms.